The fraction of sp³-hybridized carbons (Fsp3) is 0.370. The van der Waals surface area contributed by atoms with Crippen LogP contribution in [-0.2, 0) is 25.7 Å². The highest BCUT2D eigenvalue weighted by atomic mass is 32.1. The van der Waals surface area contributed by atoms with Crippen molar-refractivity contribution < 1.29 is 28.4 Å². The summed E-state index contributed by atoms with van der Waals surface area (Å²) in [6.45, 7) is 10.9. The lowest BCUT2D eigenvalue weighted by atomic mass is 10.0. The quantitative estimate of drug-likeness (QED) is 0.136. The van der Waals surface area contributed by atoms with E-state index in [1.165, 1.54) is 19.9 Å². The molecule has 3 aromatic rings. The first-order chi connectivity index (χ1) is 17.6. The first-order valence-electron chi connectivity index (χ1n) is 11.9. The molecule has 0 bridgehead atoms. The third-order valence-electron chi connectivity index (χ3n) is 5.57. The highest BCUT2D eigenvalue weighted by Gasteiger charge is 2.18. The van der Waals surface area contributed by atoms with E-state index in [0.29, 0.717) is 15.9 Å². The maximum atomic E-state index is 11.0. The number of carbonyl (C=O) groups is 2. The number of hydrogen-bond donors (Lipinski definition) is 0. The molecule has 1 atom stereocenters. The summed E-state index contributed by atoms with van der Waals surface area (Å²) in [5, 5.41) is 11.7. The Hall–Kier alpha value is -3.79. The molecule has 10 heteroatoms. The average Bonchev–Trinajstić information content (AvgIpc) is 2.86. The third kappa shape index (κ3) is 8.68. The van der Waals surface area contributed by atoms with Gasteiger partial charge in [-0.05, 0) is 44.3 Å². The second-order valence-electron chi connectivity index (χ2n) is 8.24. The van der Waals surface area contributed by atoms with Crippen LogP contribution in [-0.4, -0.2) is 36.6 Å². The van der Waals surface area contributed by atoms with Gasteiger partial charge in [0.05, 0.1) is 11.5 Å². The van der Waals surface area contributed by atoms with Crippen molar-refractivity contribution in [2.75, 3.05) is 24.6 Å². The standard InChI is InChI=1S/C16H19NO3S.C11H13NO4/c1-4-17(5-2)13-6-7-14-12(10-19-11(3)18)8-16(21)20-15(14)9-13;1-8(7-16-9(2)13)10-5-3-4-6-11(10)12(14)15/h6-9H,4-5,10H2,1-3H3;3-6,8H,7H2,1-2H3. The summed E-state index contributed by atoms with van der Waals surface area (Å²) in [4.78, 5) is 34.2. The number of ether oxygens (including phenoxy) is 2. The molecule has 1 unspecified atom stereocenters. The molecule has 0 fully saturated rings. The van der Waals surface area contributed by atoms with Gasteiger partial charge >= 0.3 is 11.9 Å². The summed E-state index contributed by atoms with van der Waals surface area (Å²) < 4.78 is 15.9. The summed E-state index contributed by atoms with van der Waals surface area (Å²) in [5.41, 5.74) is 3.31. The summed E-state index contributed by atoms with van der Waals surface area (Å²) >= 11 is 5.15. The number of nitro groups is 1. The third-order valence-corrected chi connectivity index (χ3v) is 5.78. The van der Waals surface area contributed by atoms with E-state index in [2.05, 4.69) is 18.7 Å². The molecule has 0 aliphatic heterocycles. The number of para-hydroxylation sites is 1. The number of rotatable bonds is 9. The van der Waals surface area contributed by atoms with Gasteiger partial charge in [0, 0.05) is 67.2 Å². The molecule has 9 nitrogen and oxygen atoms in total. The van der Waals surface area contributed by atoms with Crippen LogP contribution in [0.15, 0.2) is 52.9 Å². The Bertz CT molecular complexity index is 1300. The first-order valence-corrected chi connectivity index (χ1v) is 12.3. The minimum atomic E-state index is -0.431. The number of anilines is 1. The van der Waals surface area contributed by atoms with Gasteiger partial charge in [-0.2, -0.15) is 0 Å². The van der Waals surface area contributed by atoms with Gasteiger partial charge in [-0.1, -0.05) is 25.1 Å². The lowest BCUT2D eigenvalue weighted by Gasteiger charge is -2.21. The maximum absolute atomic E-state index is 11.0. The molecule has 1 heterocycles. The fourth-order valence-corrected chi connectivity index (χ4v) is 3.94. The van der Waals surface area contributed by atoms with E-state index < -0.39 is 4.92 Å². The Kier molecular flexibility index (Phi) is 11.2. The number of benzene rings is 2. The first kappa shape index (κ1) is 29.4. The van der Waals surface area contributed by atoms with Crippen molar-refractivity contribution in [2.45, 2.75) is 47.1 Å². The van der Waals surface area contributed by atoms with Gasteiger partial charge in [0.25, 0.3) is 5.69 Å². The van der Waals surface area contributed by atoms with Crippen molar-refractivity contribution in [1.29, 1.82) is 0 Å². The van der Waals surface area contributed by atoms with Crippen molar-refractivity contribution in [3.8, 4) is 0 Å². The minimum absolute atomic E-state index is 0.0575. The zero-order valence-corrected chi connectivity index (χ0v) is 22.5. The SMILES string of the molecule is CC(=O)OCC(C)c1ccccc1[N+](=O)[O-].CCN(CC)c1ccc2c(COC(C)=O)cc(=S)oc2c1. The van der Waals surface area contributed by atoms with E-state index >= 15 is 0 Å². The van der Waals surface area contributed by atoms with E-state index in [1.54, 1.807) is 31.2 Å². The minimum Gasteiger partial charge on any atom is -0.465 e. The van der Waals surface area contributed by atoms with Crippen molar-refractivity contribution in [2.24, 2.45) is 0 Å². The Morgan fingerprint density at radius 2 is 1.70 bits per heavy atom. The van der Waals surface area contributed by atoms with Gasteiger partial charge in [-0.3, -0.25) is 19.7 Å². The lowest BCUT2D eigenvalue weighted by molar-refractivity contribution is -0.385. The van der Waals surface area contributed by atoms with E-state index in [1.807, 2.05) is 18.2 Å². The molecule has 3 rings (SSSR count). The molecule has 0 saturated heterocycles. The Morgan fingerprint density at radius 3 is 2.30 bits per heavy atom. The Morgan fingerprint density at radius 1 is 1.05 bits per heavy atom. The normalized spacial score (nSPS) is 11.2. The van der Waals surface area contributed by atoms with Crippen LogP contribution in [0.5, 0.6) is 0 Å². The second-order valence-corrected chi connectivity index (χ2v) is 8.65. The number of esters is 2. The molecule has 0 spiro atoms. The van der Waals surface area contributed by atoms with Crippen LogP contribution in [0.4, 0.5) is 11.4 Å². The zero-order chi connectivity index (χ0) is 27.5. The summed E-state index contributed by atoms with van der Waals surface area (Å²) in [6, 6.07) is 14.2. The van der Waals surface area contributed by atoms with E-state index in [4.69, 9.17) is 26.1 Å². The van der Waals surface area contributed by atoms with Crippen LogP contribution in [0, 0.1) is 14.8 Å². The van der Waals surface area contributed by atoms with Crippen molar-refractivity contribution in [3.05, 3.63) is 74.5 Å². The number of fused-ring (bicyclic) bond motifs is 1. The molecule has 0 N–H and O–H groups in total. The van der Waals surface area contributed by atoms with Crippen LogP contribution in [0.25, 0.3) is 11.0 Å². The Balaban J connectivity index is 0.000000271. The largest absolute Gasteiger partial charge is 0.465 e. The van der Waals surface area contributed by atoms with Crippen LogP contribution in [0.3, 0.4) is 0 Å². The molecular formula is C27H32N2O7S. The second kappa shape index (κ2) is 14.1. The van der Waals surface area contributed by atoms with Crippen LogP contribution >= 0.6 is 12.2 Å². The molecule has 0 saturated carbocycles. The van der Waals surface area contributed by atoms with Gasteiger partial charge < -0.3 is 18.8 Å². The van der Waals surface area contributed by atoms with Crippen molar-refractivity contribution in [1.82, 2.24) is 0 Å². The summed E-state index contributed by atoms with van der Waals surface area (Å²) in [5.74, 6) is -0.884. The molecule has 2 aromatic carbocycles. The smallest absolute Gasteiger partial charge is 0.302 e. The lowest BCUT2D eigenvalue weighted by Crippen LogP contribution is -2.21. The van der Waals surface area contributed by atoms with Gasteiger partial charge in [0.1, 0.15) is 12.2 Å². The number of carbonyl (C=O) groups excluding carboxylic acids is 2. The van der Waals surface area contributed by atoms with Gasteiger partial charge in [0.2, 0.25) is 0 Å². The summed E-state index contributed by atoms with van der Waals surface area (Å²) in [7, 11) is 0. The molecule has 1 aromatic heterocycles. The molecular weight excluding hydrogens is 496 g/mol. The maximum Gasteiger partial charge on any atom is 0.302 e. The predicted molar refractivity (Wildman–Crippen MR) is 144 cm³/mol. The van der Waals surface area contributed by atoms with E-state index in [0.717, 1.165) is 29.7 Å². The topological polar surface area (TPSA) is 112 Å². The number of nitrogens with zero attached hydrogens (tertiary/aromatic N) is 2. The van der Waals surface area contributed by atoms with Gasteiger partial charge in [-0.25, -0.2) is 0 Å². The number of nitro benzene ring substituents is 1. The Labute approximate surface area is 221 Å². The highest BCUT2D eigenvalue weighted by Crippen LogP contribution is 2.27. The molecule has 0 radical (unpaired) electrons. The van der Waals surface area contributed by atoms with Gasteiger partial charge in [0.15, 0.2) is 4.71 Å². The zero-order valence-electron chi connectivity index (χ0n) is 21.7. The molecule has 198 valence electrons. The molecule has 0 aliphatic rings. The average molecular weight is 529 g/mol. The van der Waals surface area contributed by atoms with Crippen molar-refractivity contribution in [3.63, 3.8) is 0 Å². The van der Waals surface area contributed by atoms with Crippen LogP contribution in [0.1, 0.15) is 51.7 Å². The van der Waals surface area contributed by atoms with E-state index in [9.17, 15) is 19.7 Å². The molecule has 37 heavy (non-hydrogen) atoms. The monoisotopic (exact) mass is 528 g/mol. The van der Waals surface area contributed by atoms with Crippen molar-refractivity contribution >= 4 is 46.5 Å². The molecule has 0 aliphatic carbocycles. The van der Waals surface area contributed by atoms with Gasteiger partial charge in [-0.15, -0.1) is 0 Å². The van der Waals surface area contributed by atoms with Crippen LogP contribution < -0.4 is 4.90 Å². The van der Waals surface area contributed by atoms with E-state index in [-0.39, 0.29) is 36.8 Å². The van der Waals surface area contributed by atoms with Crippen LogP contribution in [0.2, 0.25) is 0 Å². The highest BCUT2D eigenvalue weighted by molar-refractivity contribution is 7.71. The summed E-state index contributed by atoms with van der Waals surface area (Å²) in [6.07, 6.45) is 0. The fourth-order valence-electron chi connectivity index (χ4n) is 3.71. The predicted octanol–water partition coefficient (Wildman–Crippen LogP) is 6.33. The molecule has 0 amide bonds. The number of hydrogen-bond acceptors (Lipinski definition) is 9.